The summed E-state index contributed by atoms with van der Waals surface area (Å²) in [5.74, 6) is -2.61. The monoisotopic (exact) mass is 556 g/mol. The van der Waals surface area contributed by atoms with Crippen LogP contribution in [0.25, 0.3) is 0 Å². The van der Waals surface area contributed by atoms with Gasteiger partial charge in [0.1, 0.15) is 18.3 Å². The van der Waals surface area contributed by atoms with Gasteiger partial charge in [-0.1, -0.05) is 32.0 Å². The molecule has 1 aromatic rings. The van der Waals surface area contributed by atoms with Crippen LogP contribution < -0.4 is 0 Å². The highest BCUT2D eigenvalue weighted by atomic mass is 16.6. The fraction of sp³-hybridized carbons (Fsp3) is 0.667. The minimum Gasteiger partial charge on any atom is -0.462 e. The van der Waals surface area contributed by atoms with E-state index in [4.69, 9.17) is 14.2 Å². The molecule has 0 aromatic heterocycles. The number of benzene rings is 1. The fourth-order valence-electron chi connectivity index (χ4n) is 7.96. The molecule has 0 bridgehead atoms. The van der Waals surface area contributed by atoms with Gasteiger partial charge < -0.3 is 24.2 Å². The summed E-state index contributed by atoms with van der Waals surface area (Å²) in [6.07, 6.45) is -1.86. The summed E-state index contributed by atoms with van der Waals surface area (Å²) in [7, 11) is 0. The smallest absolute Gasteiger partial charge is 0.311 e. The van der Waals surface area contributed by atoms with Crippen LogP contribution in [0.4, 0.5) is 0 Å². The van der Waals surface area contributed by atoms with Crippen LogP contribution in [0.15, 0.2) is 30.3 Å². The highest BCUT2D eigenvalue weighted by Gasteiger charge is 2.67. The van der Waals surface area contributed by atoms with Gasteiger partial charge in [-0.25, -0.2) is 0 Å². The fourth-order valence-corrected chi connectivity index (χ4v) is 7.96. The highest BCUT2D eigenvalue weighted by molar-refractivity contribution is 5.94. The third-order valence-corrected chi connectivity index (χ3v) is 9.70. The Kier molecular flexibility index (Phi) is 7.94. The lowest BCUT2D eigenvalue weighted by Gasteiger charge is -2.43. The zero-order chi connectivity index (χ0) is 28.8. The van der Waals surface area contributed by atoms with Crippen molar-refractivity contribution in [3.63, 3.8) is 0 Å². The number of nitrogens with zero attached hydrogens (tertiary/aromatic N) is 2. The van der Waals surface area contributed by atoms with Gasteiger partial charge in [-0.05, 0) is 24.5 Å². The topological polar surface area (TPSA) is 123 Å². The quantitative estimate of drug-likeness (QED) is 0.428. The average Bonchev–Trinajstić information content (AvgIpc) is 3.33. The van der Waals surface area contributed by atoms with E-state index >= 15 is 0 Å². The van der Waals surface area contributed by atoms with Gasteiger partial charge in [-0.3, -0.25) is 24.1 Å². The Morgan fingerprint density at radius 3 is 2.30 bits per heavy atom. The minimum absolute atomic E-state index is 0.00665. The molecular formula is C30H40N2O8. The molecule has 9 atom stereocenters. The summed E-state index contributed by atoms with van der Waals surface area (Å²) >= 11 is 0. The molecule has 1 N–H and O–H groups in total. The lowest BCUT2D eigenvalue weighted by atomic mass is 9.66. The molecule has 1 amide bonds. The van der Waals surface area contributed by atoms with Crippen LogP contribution in [0.1, 0.15) is 50.9 Å². The van der Waals surface area contributed by atoms with Crippen molar-refractivity contribution in [2.45, 2.75) is 65.0 Å². The van der Waals surface area contributed by atoms with Crippen LogP contribution in [0, 0.1) is 29.1 Å². The minimum atomic E-state index is -1.02. The van der Waals surface area contributed by atoms with Crippen LogP contribution in [-0.4, -0.2) is 95.9 Å². The van der Waals surface area contributed by atoms with E-state index in [0.29, 0.717) is 51.1 Å². The number of piperazine rings is 1. The number of aliphatic hydroxyl groups is 1. The largest absolute Gasteiger partial charge is 0.462 e. The second kappa shape index (κ2) is 11.1. The predicted octanol–water partition coefficient (Wildman–Crippen LogP) is 1.89. The molecule has 10 nitrogen and oxygen atoms in total. The first kappa shape index (κ1) is 28.5. The van der Waals surface area contributed by atoms with Crippen LogP contribution >= 0.6 is 0 Å². The van der Waals surface area contributed by atoms with Crippen LogP contribution in [0.2, 0.25) is 0 Å². The molecule has 0 radical (unpaired) electrons. The number of amides is 1. The Morgan fingerprint density at radius 2 is 1.68 bits per heavy atom. The van der Waals surface area contributed by atoms with Gasteiger partial charge in [0, 0.05) is 75.8 Å². The van der Waals surface area contributed by atoms with Crippen molar-refractivity contribution in [3.05, 3.63) is 35.9 Å². The summed E-state index contributed by atoms with van der Waals surface area (Å²) in [6, 6.07) is 9.19. The Balaban J connectivity index is 1.34. The molecule has 0 unspecified atom stereocenters. The van der Waals surface area contributed by atoms with Crippen LogP contribution in [-0.2, 0) is 28.6 Å². The number of hydrogen-bond acceptors (Lipinski definition) is 9. The standard InChI is InChI=1S/C30H40N2O8/c1-17-14-22-25(27(35)30(4)24(39-19(3)34)15-23(26(17)30)38-18(2)33)21(29(37)40-22)16-31-10-12-32(13-11-31)28(36)20-8-6-5-7-9-20/h5-9,17,21-27,35H,10-16H2,1-4H3/t17-,21-,22+,23-,24+,25-,26-,27-,30-/m1/s1. The van der Waals surface area contributed by atoms with Gasteiger partial charge in [0.2, 0.25) is 0 Å². The Bertz CT molecular complexity index is 1140. The molecule has 2 aliphatic carbocycles. The number of carbonyl (C=O) groups excluding carboxylic acids is 4. The molecule has 1 aromatic carbocycles. The molecule has 5 rings (SSSR count). The number of ether oxygens (including phenoxy) is 3. The van der Waals surface area contributed by atoms with Gasteiger partial charge in [0.25, 0.3) is 5.91 Å². The first-order chi connectivity index (χ1) is 19.0. The Hall–Kier alpha value is -2.98. The van der Waals surface area contributed by atoms with Crippen molar-refractivity contribution < 1.29 is 38.5 Å². The van der Waals surface area contributed by atoms with E-state index in [1.807, 2.05) is 49.1 Å². The molecule has 2 saturated heterocycles. The summed E-state index contributed by atoms with van der Waals surface area (Å²) in [6.45, 7) is 9.32. The summed E-state index contributed by atoms with van der Waals surface area (Å²) in [5, 5.41) is 12.1. The molecule has 40 heavy (non-hydrogen) atoms. The van der Waals surface area contributed by atoms with Crippen molar-refractivity contribution in [1.29, 1.82) is 0 Å². The molecule has 218 valence electrons. The summed E-state index contributed by atoms with van der Waals surface area (Å²) < 4.78 is 17.3. The first-order valence-electron chi connectivity index (χ1n) is 14.3. The second-order valence-electron chi connectivity index (χ2n) is 12.1. The van der Waals surface area contributed by atoms with Crippen LogP contribution in [0.5, 0.6) is 0 Å². The van der Waals surface area contributed by atoms with E-state index < -0.39 is 53.6 Å². The third-order valence-electron chi connectivity index (χ3n) is 9.70. The van der Waals surface area contributed by atoms with E-state index in [2.05, 4.69) is 4.90 Å². The molecule has 10 heteroatoms. The summed E-state index contributed by atoms with van der Waals surface area (Å²) in [4.78, 5) is 54.1. The van der Waals surface area contributed by atoms with Gasteiger partial charge in [-0.15, -0.1) is 0 Å². The second-order valence-corrected chi connectivity index (χ2v) is 12.1. The molecule has 4 aliphatic rings. The van der Waals surface area contributed by atoms with Crippen molar-refractivity contribution in [3.8, 4) is 0 Å². The van der Waals surface area contributed by atoms with E-state index in [9.17, 15) is 24.3 Å². The first-order valence-corrected chi connectivity index (χ1v) is 14.3. The number of carbonyl (C=O) groups is 4. The van der Waals surface area contributed by atoms with Crippen molar-refractivity contribution in [2.24, 2.45) is 29.1 Å². The maximum absolute atomic E-state index is 13.2. The van der Waals surface area contributed by atoms with E-state index in [1.165, 1.54) is 13.8 Å². The van der Waals surface area contributed by atoms with E-state index in [0.717, 1.165) is 0 Å². The number of esters is 3. The van der Waals surface area contributed by atoms with E-state index in [1.54, 1.807) is 0 Å². The predicted molar refractivity (Wildman–Crippen MR) is 143 cm³/mol. The zero-order valence-corrected chi connectivity index (χ0v) is 23.7. The van der Waals surface area contributed by atoms with Crippen molar-refractivity contribution in [1.82, 2.24) is 9.80 Å². The van der Waals surface area contributed by atoms with Gasteiger partial charge in [0.15, 0.2) is 0 Å². The molecule has 2 aliphatic heterocycles. The third kappa shape index (κ3) is 5.11. The number of fused-ring (bicyclic) bond motifs is 2. The average molecular weight is 557 g/mol. The number of rotatable bonds is 5. The maximum atomic E-state index is 13.2. The van der Waals surface area contributed by atoms with Crippen molar-refractivity contribution >= 4 is 23.8 Å². The van der Waals surface area contributed by atoms with Crippen molar-refractivity contribution in [2.75, 3.05) is 32.7 Å². The summed E-state index contributed by atoms with van der Waals surface area (Å²) in [5.41, 5.74) is -0.278. The molecule has 0 spiro atoms. The van der Waals surface area contributed by atoms with E-state index in [-0.39, 0.29) is 23.7 Å². The molecular weight excluding hydrogens is 516 g/mol. The van der Waals surface area contributed by atoms with Gasteiger partial charge >= 0.3 is 17.9 Å². The van der Waals surface area contributed by atoms with Crippen LogP contribution in [0.3, 0.4) is 0 Å². The normalized spacial score (nSPS) is 37.6. The Labute approximate surface area is 234 Å². The molecule has 2 heterocycles. The number of aliphatic hydroxyl groups excluding tert-OH is 1. The number of hydrogen-bond donors (Lipinski definition) is 1. The molecule has 2 saturated carbocycles. The molecule has 4 fully saturated rings. The Morgan fingerprint density at radius 1 is 1.02 bits per heavy atom. The van der Waals surface area contributed by atoms with Gasteiger partial charge in [0.05, 0.1) is 12.0 Å². The maximum Gasteiger partial charge on any atom is 0.311 e. The lowest BCUT2D eigenvalue weighted by Crippen LogP contribution is -2.54. The SMILES string of the molecule is CC(=O)O[C@H]1C[C@@H](OC(C)=O)[C@H]2[C@H](C)C[C@@H]3OC(=O)[C@H](CN4CCN(C(=O)c5ccccc5)CC4)[C@H]3[C@@H](O)[C@@]21C. The zero-order valence-electron chi connectivity index (χ0n) is 23.7. The highest BCUT2D eigenvalue weighted by Crippen LogP contribution is 2.59. The van der Waals surface area contributed by atoms with Gasteiger partial charge in [-0.2, -0.15) is 0 Å². The lowest BCUT2D eigenvalue weighted by molar-refractivity contribution is -0.165.